The number of hydrogen-bond acceptors (Lipinski definition) is 7. The molecule has 0 radical (unpaired) electrons. The fourth-order valence-corrected chi connectivity index (χ4v) is 4.44. The van der Waals surface area contributed by atoms with Gasteiger partial charge in [-0.15, -0.1) is 0 Å². The minimum Gasteiger partial charge on any atom is -0.425 e. The van der Waals surface area contributed by atoms with E-state index in [1.165, 1.54) is 24.3 Å². The van der Waals surface area contributed by atoms with Crippen LogP contribution in [0.1, 0.15) is 66.3 Å². The summed E-state index contributed by atoms with van der Waals surface area (Å²) in [4.78, 5) is 38.0. The number of unbranched alkanes of at least 4 members (excludes halogenated alkanes) is 2. The molecule has 0 spiro atoms. The van der Waals surface area contributed by atoms with Gasteiger partial charge in [-0.3, -0.25) is 0 Å². The van der Waals surface area contributed by atoms with Crippen molar-refractivity contribution in [3.8, 4) is 28.4 Å². The third-order valence-corrected chi connectivity index (χ3v) is 6.76. The van der Waals surface area contributed by atoms with Crippen LogP contribution in [0.5, 0.6) is 17.2 Å². The molecule has 222 valence electrons. The number of aryl methyl sites for hydroxylation is 1. The lowest BCUT2D eigenvalue weighted by Crippen LogP contribution is -2.25. The van der Waals surface area contributed by atoms with Gasteiger partial charge in [0.1, 0.15) is 17.2 Å². The molecule has 0 saturated heterocycles. The molecule has 0 saturated carbocycles. The zero-order chi connectivity index (χ0) is 30.6. The van der Waals surface area contributed by atoms with E-state index in [4.69, 9.17) is 18.9 Å². The molecule has 4 rings (SSSR count). The van der Waals surface area contributed by atoms with Crippen LogP contribution in [-0.2, 0) is 16.0 Å². The number of benzene rings is 4. The van der Waals surface area contributed by atoms with Gasteiger partial charge in [-0.05, 0) is 98.0 Å². The van der Waals surface area contributed by atoms with Crippen molar-refractivity contribution in [2.75, 3.05) is 6.61 Å². The largest absolute Gasteiger partial charge is 0.425 e. The van der Waals surface area contributed by atoms with E-state index in [1.54, 1.807) is 38.1 Å². The molecule has 1 atom stereocenters. The molecule has 1 unspecified atom stereocenters. The fourth-order valence-electron chi connectivity index (χ4n) is 4.44. The zero-order valence-corrected chi connectivity index (χ0v) is 24.7. The summed E-state index contributed by atoms with van der Waals surface area (Å²) in [5.74, 6) is -0.661. The lowest BCUT2D eigenvalue weighted by atomic mass is 9.95. The molecule has 0 aliphatic carbocycles. The van der Waals surface area contributed by atoms with E-state index in [2.05, 4.69) is 13.0 Å². The predicted octanol–water partition coefficient (Wildman–Crippen LogP) is 7.86. The predicted molar refractivity (Wildman–Crippen MR) is 165 cm³/mol. The average Bonchev–Trinajstić information content (AvgIpc) is 3.03. The summed E-state index contributed by atoms with van der Waals surface area (Å²) in [6, 6.07) is 28.0. The van der Waals surface area contributed by atoms with Crippen LogP contribution >= 0.6 is 0 Å². The zero-order valence-electron chi connectivity index (χ0n) is 24.7. The van der Waals surface area contributed by atoms with E-state index in [9.17, 15) is 14.4 Å². The van der Waals surface area contributed by atoms with Crippen LogP contribution in [0.25, 0.3) is 11.1 Å². The Morgan fingerprint density at radius 1 is 0.674 bits per heavy atom. The third kappa shape index (κ3) is 8.87. The molecule has 4 aromatic rings. The Bertz CT molecular complexity index is 1510. The van der Waals surface area contributed by atoms with Gasteiger partial charge < -0.3 is 18.9 Å². The Balaban J connectivity index is 1.40. The second kappa shape index (κ2) is 15.5. The van der Waals surface area contributed by atoms with Crippen molar-refractivity contribution >= 4 is 17.9 Å². The van der Waals surface area contributed by atoms with Crippen molar-refractivity contribution in [1.29, 1.82) is 0 Å². The molecule has 4 aromatic carbocycles. The number of carbonyl (C=O) groups excluding carboxylic acids is 3. The molecule has 43 heavy (non-hydrogen) atoms. The van der Waals surface area contributed by atoms with Crippen LogP contribution in [0.3, 0.4) is 0 Å². The molecule has 0 N–H and O–H groups in total. The molecule has 0 aromatic heterocycles. The molecule has 7 nitrogen and oxygen atoms in total. The lowest BCUT2D eigenvalue weighted by Gasteiger charge is -2.13. The van der Waals surface area contributed by atoms with Gasteiger partial charge in [0.05, 0.1) is 11.1 Å². The first-order valence-electron chi connectivity index (χ1n) is 14.5. The van der Waals surface area contributed by atoms with E-state index >= 15 is 0 Å². The van der Waals surface area contributed by atoms with Crippen LogP contribution in [0, 0.1) is 0 Å². The second-order valence-corrected chi connectivity index (χ2v) is 10.00. The van der Waals surface area contributed by atoms with Crippen LogP contribution in [0.2, 0.25) is 0 Å². The highest BCUT2D eigenvalue weighted by Gasteiger charge is 2.18. The summed E-state index contributed by atoms with van der Waals surface area (Å²) in [5, 5.41) is 0. The van der Waals surface area contributed by atoms with E-state index in [1.807, 2.05) is 42.5 Å². The summed E-state index contributed by atoms with van der Waals surface area (Å²) in [7, 11) is 0. The smallest absolute Gasteiger partial charge is 0.344 e. The monoisotopic (exact) mass is 580 g/mol. The van der Waals surface area contributed by atoms with Crippen molar-refractivity contribution in [3.63, 3.8) is 0 Å². The first-order chi connectivity index (χ1) is 20.9. The normalized spacial score (nSPS) is 11.4. The minimum atomic E-state index is -0.691. The van der Waals surface area contributed by atoms with Gasteiger partial charge in [0.2, 0.25) is 0 Å². The number of esters is 3. The highest BCUT2D eigenvalue weighted by molar-refractivity contribution is 5.98. The third-order valence-electron chi connectivity index (χ3n) is 6.76. The molecule has 0 aliphatic heterocycles. The molecule has 0 amide bonds. The van der Waals surface area contributed by atoms with E-state index < -0.39 is 24.0 Å². The van der Waals surface area contributed by atoms with Gasteiger partial charge in [-0.25, -0.2) is 14.4 Å². The van der Waals surface area contributed by atoms with Crippen molar-refractivity contribution in [2.45, 2.75) is 52.6 Å². The van der Waals surface area contributed by atoms with Crippen LogP contribution < -0.4 is 14.2 Å². The quantitative estimate of drug-likeness (QED) is 0.0904. The van der Waals surface area contributed by atoms with E-state index in [0.717, 1.165) is 42.4 Å². The molecular formula is C36H36O7. The van der Waals surface area contributed by atoms with Gasteiger partial charge in [0, 0.05) is 6.61 Å². The van der Waals surface area contributed by atoms with Gasteiger partial charge in [-0.1, -0.05) is 62.2 Å². The maximum absolute atomic E-state index is 13.4. The van der Waals surface area contributed by atoms with Gasteiger partial charge in [0.25, 0.3) is 0 Å². The number of carbonyl (C=O) groups is 3. The topological polar surface area (TPSA) is 88.1 Å². The molecule has 0 bridgehead atoms. The molecular weight excluding hydrogens is 544 g/mol. The Hall–Kier alpha value is -4.75. The van der Waals surface area contributed by atoms with Gasteiger partial charge in [-0.2, -0.15) is 0 Å². The van der Waals surface area contributed by atoms with E-state index in [0.29, 0.717) is 23.7 Å². The van der Waals surface area contributed by atoms with Crippen LogP contribution in [0.15, 0.2) is 97.1 Å². The minimum absolute atomic E-state index is 0.278. The van der Waals surface area contributed by atoms with E-state index in [-0.39, 0.29) is 11.3 Å². The number of ether oxygens (including phenoxy) is 4. The molecule has 0 heterocycles. The fraction of sp³-hybridized carbons (Fsp3) is 0.250. The van der Waals surface area contributed by atoms with Crippen molar-refractivity contribution in [2.24, 2.45) is 0 Å². The molecule has 7 heteroatoms. The number of hydrogen-bond donors (Lipinski definition) is 0. The standard InChI is InChI=1S/C36H36O7/c1-4-6-8-11-26-14-23-32(27-12-9-7-10-13-27)33(24-26)36(39)43-31-21-19-30(20-22-31)42-35(38)28-15-17-29(18-16-28)41-34(37)25(3)40-5-2/h7,9-10,12-25H,4-6,8,11H2,1-3H3. The maximum Gasteiger partial charge on any atom is 0.344 e. The Morgan fingerprint density at radius 3 is 1.91 bits per heavy atom. The lowest BCUT2D eigenvalue weighted by molar-refractivity contribution is -0.145. The first-order valence-corrected chi connectivity index (χ1v) is 14.5. The molecule has 0 fully saturated rings. The number of rotatable bonds is 13. The van der Waals surface area contributed by atoms with Crippen LogP contribution in [-0.4, -0.2) is 30.6 Å². The first kappa shape index (κ1) is 31.2. The molecule has 0 aliphatic rings. The Morgan fingerprint density at radius 2 is 1.28 bits per heavy atom. The summed E-state index contributed by atoms with van der Waals surface area (Å²) in [6.07, 6.45) is 3.52. The summed E-state index contributed by atoms with van der Waals surface area (Å²) >= 11 is 0. The average molecular weight is 581 g/mol. The summed E-state index contributed by atoms with van der Waals surface area (Å²) in [6.45, 7) is 5.96. The van der Waals surface area contributed by atoms with Crippen molar-refractivity contribution in [3.05, 3.63) is 114 Å². The Labute approximate surface area is 252 Å². The highest BCUT2D eigenvalue weighted by atomic mass is 16.6. The summed E-state index contributed by atoms with van der Waals surface area (Å²) in [5.41, 5.74) is 3.61. The van der Waals surface area contributed by atoms with Crippen molar-refractivity contribution < 1.29 is 33.3 Å². The SMILES string of the molecule is CCCCCc1ccc(-c2ccccc2)c(C(=O)Oc2ccc(OC(=O)c3ccc(OC(=O)C(C)OCC)cc3)cc2)c1. The maximum atomic E-state index is 13.4. The van der Waals surface area contributed by atoms with Crippen LogP contribution in [0.4, 0.5) is 0 Å². The van der Waals surface area contributed by atoms with Crippen molar-refractivity contribution in [1.82, 2.24) is 0 Å². The van der Waals surface area contributed by atoms with Gasteiger partial charge in [0.15, 0.2) is 6.10 Å². The summed E-state index contributed by atoms with van der Waals surface area (Å²) < 4.78 is 21.7. The Kier molecular flexibility index (Phi) is 11.2. The van der Waals surface area contributed by atoms with Gasteiger partial charge >= 0.3 is 17.9 Å². The highest BCUT2D eigenvalue weighted by Crippen LogP contribution is 2.28. The second-order valence-electron chi connectivity index (χ2n) is 10.00.